The van der Waals surface area contributed by atoms with Crippen molar-refractivity contribution in [3.63, 3.8) is 0 Å². The smallest absolute Gasteiger partial charge is 0.333 e. The Hall–Kier alpha value is -2.10. The van der Waals surface area contributed by atoms with E-state index >= 15 is 0 Å². The second-order valence-corrected chi connectivity index (χ2v) is 5.09. The van der Waals surface area contributed by atoms with E-state index in [2.05, 4.69) is 11.9 Å². The van der Waals surface area contributed by atoms with Gasteiger partial charge >= 0.3 is 5.97 Å². The lowest BCUT2D eigenvalue weighted by Crippen LogP contribution is -2.37. The summed E-state index contributed by atoms with van der Waals surface area (Å²) in [5.74, 6) is -0.909. The van der Waals surface area contributed by atoms with Crippen LogP contribution >= 0.6 is 0 Å². The molecule has 0 bridgehead atoms. The maximum absolute atomic E-state index is 12.1. The van der Waals surface area contributed by atoms with Gasteiger partial charge in [0.25, 0.3) is 0 Å². The van der Waals surface area contributed by atoms with Crippen molar-refractivity contribution < 1.29 is 14.3 Å². The van der Waals surface area contributed by atoms with Gasteiger partial charge in [-0.25, -0.2) is 4.79 Å². The molecule has 1 aromatic rings. The fourth-order valence-corrected chi connectivity index (χ4v) is 1.49. The molecule has 19 heavy (non-hydrogen) atoms. The Balaban J connectivity index is 2.96. The topological polar surface area (TPSA) is 55.4 Å². The van der Waals surface area contributed by atoms with Gasteiger partial charge in [-0.2, -0.15) is 0 Å². The predicted molar refractivity (Wildman–Crippen MR) is 73.4 cm³/mol. The molecule has 1 amide bonds. The first kappa shape index (κ1) is 15.0. The van der Waals surface area contributed by atoms with Gasteiger partial charge in [0.1, 0.15) is 5.60 Å². The van der Waals surface area contributed by atoms with Gasteiger partial charge in [-0.15, -0.1) is 0 Å². The molecule has 0 aliphatic rings. The van der Waals surface area contributed by atoms with Crippen LogP contribution in [0.1, 0.15) is 32.4 Å². The van der Waals surface area contributed by atoms with Crippen LogP contribution in [-0.4, -0.2) is 17.5 Å². The zero-order valence-electron chi connectivity index (χ0n) is 11.5. The van der Waals surface area contributed by atoms with Gasteiger partial charge in [0, 0.05) is 0 Å². The van der Waals surface area contributed by atoms with E-state index in [9.17, 15) is 9.59 Å². The van der Waals surface area contributed by atoms with Crippen LogP contribution in [0.15, 0.2) is 43.0 Å². The maximum Gasteiger partial charge on any atom is 0.333 e. The third-order valence-electron chi connectivity index (χ3n) is 2.25. The normalized spacial score (nSPS) is 12.4. The summed E-state index contributed by atoms with van der Waals surface area (Å²) in [6, 6.07) is 8.13. The number of carbonyl (C=O) groups excluding carboxylic acids is 2. The number of esters is 1. The standard InChI is InChI=1S/C15H19NO3/c1-5-12(17)16-13(11-9-7-6-8-10-11)14(18)19-15(2,3)4/h5-10,13H,1H2,2-4H3,(H,16,17)/t13-/m0/s1. The average molecular weight is 261 g/mol. The van der Waals surface area contributed by atoms with E-state index in [4.69, 9.17) is 4.74 Å². The Kier molecular flexibility index (Phi) is 4.87. The van der Waals surface area contributed by atoms with Crippen molar-refractivity contribution in [1.29, 1.82) is 0 Å². The maximum atomic E-state index is 12.1. The third kappa shape index (κ3) is 4.95. The Morgan fingerprint density at radius 1 is 1.26 bits per heavy atom. The summed E-state index contributed by atoms with van der Waals surface area (Å²) >= 11 is 0. The largest absolute Gasteiger partial charge is 0.458 e. The minimum absolute atomic E-state index is 0.417. The number of hydrogen-bond donors (Lipinski definition) is 1. The predicted octanol–water partition coefficient (Wildman–Crippen LogP) is 2.37. The molecular weight excluding hydrogens is 242 g/mol. The zero-order valence-corrected chi connectivity index (χ0v) is 11.5. The molecule has 4 heteroatoms. The van der Waals surface area contributed by atoms with Crippen LogP contribution in [-0.2, 0) is 14.3 Å². The van der Waals surface area contributed by atoms with E-state index in [0.717, 1.165) is 6.08 Å². The number of ether oxygens (including phenoxy) is 1. The Bertz CT molecular complexity index is 460. The first-order valence-corrected chi connectivity index (χ1v) is 6.04. The highest BCUT2D eigenvalue weighted by molar-refractivity contribution is 5.91. The van der Waals surface area contributed by atoms with E-state index in [1.807, 2.05) is 6.07 Å². The molecule has 0 aromatic heterocycles. The molecule has 4 nitrogen and oxygen atoms in total. The molecule has 0 heterocycles. The summed E-state index contributed by atoms with van der Waals surface area (Å²) in [6.45, 7) is 8.72. The quantitative estimate of drug-likeness (QED) is 0.668. The average Bonchev–Trinajstić information content (AvgIpc) is 2.34. The number of carbonyl (C=O) groups is 2. The van der Waals surface area contributed by atoms with Crippen molar-refractivity contribution in [2.45, 2.75) is 32.4 Å². The summed E-state index contributed by atoms with van der Waals surface area (Å²) in [5, 5.41) is 2.57. The van der Waals surface area contributed by atoms with Gasteiger partial charge in [-0.3, -0.25) is 4.79 Å². The first-order valence-electron chi connectivity index (χ1n) is 6.04. The fraction of sp³-hybridized carbons (Fsp3) is 0.333. The minimum Gasteiger partial charge on any atom is -0.458 e. The van der Waals surface area contributed by atoms with E-state index in [0.29, 0.717) is 5.56 Å². The molecule has 1 N–H and O–H groups in total. The SMILES string of the molecule is C=CC(=O)N[C@H](C(=O)OC(C)(C)C)c1ccccc1. The van der Waals surface area contributed by atoms with Crippen LogP contribution in [0.25, 0.3) is 0 Å². The van der Waals surface area contributed by atoms with Gasteiger partial charge in [-0.05, 0) is 32.4 Å². The molecule has 0 radical (unpaired) electrons. The van der Waals surface area contributed by atoms with Crippen LogP contribution in [0.5, 0.6) is 0 Å². The van der Waals surface area contributed by atoms with Crippen molar-refractivity contribution in [2.24, 2.45) is 0 Å². The van der Waals surface area contributed by atoms with Crippen LogP contribution < -0.4 is 5.32 Å². The molecular formula is C15H19NO3. The van der Waals surface area contributed by atoms with Crippen LogP contribution in [0.3, 0.4) is 0 Å². The Morgan fingerprint density at radius 2 is 1.84 bits per heavy atom. The van der Waals surface area contributed by atoms with Crippen molar-refractivity contribution >= 4 is 11.9 Å². The van der Waals surface area contributed by atoms with Gasteiger partial charge in [0.2, 0.25) is 5.91 Å². The summed E-state index contributed by atoms with van der Waals surface area (Å²) in [4.78, 5) is 23.6. The molecule has 1 rings (SSSR count). The van der Waals surface area contributed by atoms with Crippen molar-refractivity contribution in [2.75, 3.05) is 0 Å². The van der Waals surface area contributed by atoms with Crippen molar-refractivity contribution in [1.82, 2.24) is 5.32 Å². The highest BCUT2D eigenvalue weighted by Gasteiger charge is 2.27. The van der Waals surface area contributed by atoms with Gasteiger partial charge in [0.15, 0.2) is 6.04 Å². The Labute approximate surface area is 113 Å². The number of hydrogen-bond acceptors (Lipinski definition) is 3. The first-order chi connectivity index (χ1) is 8.83. The van der Waals surface area contributed by atoms with E-state index in [1.54, 1.807) is 45.0 Å². The minimum atomic E-state index is -0.828. The highest BCUT2D eigenvalue weighted by atomic mass is 16.6. The molecule has 0 unspecified atom stereocenters. The number of benzene rings is 1. The lowest BCUT2D eigenvalue weighted by atomic mass is 10.1. The molecule has 0 aliphatic carbocycles. The number of amides is 1. The monoisotopic (exact) mass is 261 g/mol. The summed E-state index contributed by atoms with van der Waals surface area (Å²) in [6.07, 6.45) is 1.13. The fourth-order valence-electron chi connectivity index (χ4n) is 1.49. The van der Waals surface area contributed by atoms with Crippen LogP contribution in [0.2, 0.25) is 0 Å². The van der Waals surface area contributed by atoms with E-state index < -0.39 is 23.5 Å². The van der Waals surface area contributed by atoms with Crippen molar-refractivity contribution in [3.05, 3.63) is 48.6 Å². The van der Waals surface area contributed by atoms with Crippen LogP contribution in [0, 0.1) is 0 Å². The third-order valence-corrected chi connectivity index (χ3v) is 2.25. The molecule has 1 aromatic carbocycles. The molecule has 1 atom stereocenters. The lowest BCUT2D eigenvalue weighted by molar-refractivity contribution is -0.158. The van der Waals surface area contributed by atoms with E-state index in [-0.39, 0.29) is 0 Å². The second kappa shape index (κ2) is 6.18. The summed E-state index contributed by atoms with van der Waals surface area (Å²) in [5.41, 5.74) is 0.0650. The van der Waals surface area contributed by atoms with E-state index in [1.165, 1.54) is 0 Å². The zero-order chi connectivity index (χ0) is 14.5. The molecule has 0 saturated carbocycles. The van der Waals surface area contributed by atoms with Crippen LogP contribution in [0.4, 0.5) is 0 Å². The molecule has 102 valence electrons. The number of rotatable bonds is 4. The highest BCUT2D eigenvalue weighted by Crippen LogP contribution is 2.18. The molecule has 0 saturated heterocycles. The van der Waals surface area contributed by atoms with Gasteiger partial charge in [-0.1, -0.05) is 36.9 Å². The van der Waals surface area contributed by atoms with Gasteiger partial charge < -0.3 is 10.1 Å². The summed E-state index contributed by atoms with van der Waals surface area (Å²) < 4.78 is 5.31. The molecule has 0 fully saturated rings. The summed E-state index contributed by atoms with van der Waals surface area (Å²) in [7, 11) is 0. The Morgan fingerprint density at radius 3 is 2.32 bits per heavy atom. The van der Waals surface area contributed by atoms with Gasteiger partial charge in [0.05, 0.1) is 0 Å². The lowest BCUT2D eigenvalue weighted by Gasteiger charge is -2.24. The molecule has 0 aliphatic heterocycles. The second-order valence-electron chi connectivity index (χ2n) is 5.09. The van der Waals surface area contributed by atoms with Crippen molar-refractivity contribution in [3.8, 4) is 0 Å². The number of nitrogens with one attached hydrogen (secondary N) is 1. The molecule has 0 spiro atoms.